The number of carbonyl (C=O) groups excluding carboxylic acids is 2. The van der Waals surface area contributed by atoms with Gasteiger partial charge in [0.05, 0.1) is 24.8 Å². The zero-order valence-corrected chi connectivity index (χ0v) is 23.2. The summed E-state index contributed by atoms with van der Waals surface area (Å²) in [6.07, 6.45) is 0.842. The van der Waals surface area contributed by atoms with Crippen molar-refractivity contribution in [3.63, 3.8) is 0 Å². The SMILES string of the molecule is CCCOc1ccc([C@H]2C(=C(O)c3ccc4c(c3)OCCO4)C(=O)C(=O)N2CCN(CC)CC)cc1OCC. The lowest BCUT2D eigenvalue weighted by atomic mass is 9.94. The number of carbonyl (C=O) groups is 2. The molecule has 2 heterocycles. The van der Waals surface area contributed by atoms with Gasteiger partial charge in [-0.05, 0) is 62.3 Å². The molecule has 0 aliphatic carbocycles. The third kappa shape index (κ3) is 5.98. The van der Waals surface area contributed by atoms with E-state index in [1.165, 1.54) is 0 Å². The van der Waals surface area contributed by atoms with Gasteiger partial charge in [-0.2, -0.15) is 0 Å². The molecule has 1 saturated heterocycles. The van der Waals surface area contributed by atoms with Crippen molar-refractivity contribution in [2.75, 3.05) is 52.6 Å². The fraction of sp³-hybridized carbons (Fsp3) is 0.467. The lowest BCUT2D eigenvalue weighted by Gasteiger charge is -2.28. The molecule has 2 aromatic rings. The Morgan fingerprint density at radius 2 is 1.72 bits per heavy atom. The van der Waals surface area contributed by atoms with Gasteiger partial charge in [0.15, 0.2) is 23.0 Å². The number of rotatable bonds is 12. The van der Waals surface area contributed by atoms with Gasteiger partial charge in [-0.1, -0.05) is 26.8 Å². The first-order valence-corrected chi connectivity index (χ1v) is 13.7. The largest absolute Gasteiger partial charge is 0.507 e. The number of ether oxygens (including phenoxy) is 4. The third-order valence-electron chi connectivity index (χ3n) is 6.95. The monoisotopic (exact) mass is 538 g/mol. The molecule has 2 aliphatic rings. The molecule has 210 valence electrons. The molecule has 0 unspecified atom stereocenters. The maximum Gasteiger partial charge on any atom is 0.295 e. The molecule has 1 atom stereocenters. The van der Waals surface area contributed by atoms with Gasteiger partial charge in [0.25, 0.3) is 11.7 Å². The molecule has 1 N–H and O–H groups in total. The van der Waals surface area contributed by atoms with E-state index in [2.05, 4.69) is 18.7 Å². The summed E-state index contributed by atoms with van der Waals surface area (Å²) in [7, 11) is 0. The normalized spacial score (nSPS) is 18.1. The summed E-state index contributed by atoms with van der Waals surface area (Å²) in [5.74, 6) is 0.537. The zero-order chi connectivity index (χ0) is 27.9. The van der Waals surface area contributed by atoms with Gasteiger partial charge >= 0.3 is 0 Å². The Labute approximate surface area is 229 Å². The number of hydrogen-bond donors (Lipinski definition) is 1. The van der Waals surface area contributed by atoms with Crippen LogP contribution in [0.15, 0.2) is 42.0 Å². The Balaban J connectivity index is 1.81. The van der Waals surface area contributed by atoms with Crippen LogP contribution in [0.25, 0.3) is 5.76 Å². The number of hydrogen-bond acceptors (Lipinski definition) is 8. The third-order valence-corrected chi connectivity index (χ3v) is 6.95. The summed E-state index contributed by atoms with van der Waals surface area (Å²) in [4.78, 5) is 30.6. The van der Waals surface area contributed by atoms with Gasteiger partial charge < -0.3 is 33.9 Å². The van der Waals surface area contributed by atoms with Gasteiger partial charge in [-0.15, -0.1) is 0 Å². The zero-order valence-electron chi connectivity index (χ0n) is 23.2. The Kier molecular flexibility index (Phi) is 9.35. The summed E-state index contributed by atoms with van der Waals surface area (Å²) in [6, 6.07) is 9.62. The minimum absolute atomic E-state index is 0.0286. The number of nitrogens with zero attached hydrogens (tertiary/aromatic N) is 2. The van der Waals surface area contributed by atoms with E-state index in [-0.39, 0.29) is 11.3 Å². The van der Waals surface area contributed by atoms with Gasteiger partial charge in [0.1, 0.15) is 19.0 Å². The summed E-state index contributed by atoms with van der Waals surface area (Å²) in [6.45, 7) is 12.4. The molecule has 9 nitrogen and oxygen atoms in total. The summed E-state index contributed by atoms with van der Waals surface area (Å²) < 4.78 is 23.0. The first-order valence-electron chi connectivity index (χ1n) is 13.7. The van der Waals surface area contributed by atoms with Crippen molar-refractivity contribution in [1.82, 2.24) is 9.80 Å². The van der Waals surface area contributed by atoms with E-state index in [0.717, 1.165) is 19.5 Å². The summed E-state index contributed by atoms with van der Waals surface area (Å²) in [5.41, 5.74) is 1.06. The molecule has 1 amide bonds. The number of fused-ring (bicyclic) bond motifs is 1. The smallest absolute Gasteiger partial charge is 0.295 e. The van der Waals surface area contributed by atoms with Crippen molar-refractivity contribution in [1.29, 1.82) is 0 Å². The minimum Gasteiger partial charge on any atom is -0.507 e. The number of likely N-dealkylation sites (N-methyl/N-ethyl adjacent to an activating group) is 1. The van der Waals surface area contributed by atoms with Gasteiger partial charge in [-0.3, -0.25) is 9.59 Å². The van der Waals surface area contributed by atoms with Crippen molar-refractivity contribution in [2.45, 2.75) is 40.2 Å². The second kappa shape index (κ2) is 12.9. The van der Waals surface area contributed by atoms with E-state index in [9.17, 15) is 14.7 Å². The molecule has 0 radical (unpaired) electrons. The molecule has 39 heavy (non-hydrogen) atoms. The molecule has 0 bridgehead atoms. The summed E-state index contributed by atoms with van der Waals surface area (Å²) in [5, 5.41) is 11.5. The molecular formula is C30H38N2O7. The topological polar surface area (TPSA) is 97.8 Å². The number of ketones is 1. The van der Waals surface area contributed by atoms with Crippen LogP contribution in [0.3, 0.4) is 0 Å². The first-order chi connectivity index (χ1) is 18.9. The van der Waals surface area contributed by atoms with Crippen molar-refractivity contribution < 1.29 is 33.6 Å². The van der Waals surface area contributed by atoms with Crippen LogP contribution in [0.5, 0.6) is 23.0 Å². The molecule has 2 aromatic carbocycles. The lowest BCUT2D eigenvalue weighted by molar-refractivity contribution is -0.140. The van der Waals surface area contributed by atoms with Crippen LogP contribution in [0.4, 0.5) is 0 Å². The average Bonchev–Trinajstić information content (AvgIpc) is 3.21. The molecule has 0 aromatic heterocycles. The Bertz CT molecular complexity index is 1220. The number of Topliss-reactive ketones (excluding diaryl/α,β-unsaturated/α-hetero) is 1. The van der Waals surface area contributed by atoms with Crippen LogP contribution in [0, 0.1) is 0 Å². The minimum atomic E-state index is -0.798. The van der Waals surface area contributed by atoms with Crippen molar-refractivity contribution >= 4 is 17.4 Å². The Morgan fingerprint density at radius 1 is 0.974 bits per heavy atom. The van der Waals surface area contributed by atoms with E-state index < -0.39 is 17.7 Å². The second-order valence-corrected chi connectivity index (χ2v) is 9.37. The van der Waals surface area contributed by atoms with E-state index in [1.807, 2.05) is 19.9 Å². The number of amides is 1. The predicted molar refractivity (Wildman–Crippen MR) is 148 cm³/mol. The van der Waals surface area contributed by atoms with Crippen LogP contribution in [-0.4, -0.2) is 79.2 Å². The Morgan fingerprint density at radius 3 is 2.41 bits per heavy atom. The standard InChI is InChI=1S/C30H38N2O7/c1-5-15-37-22-11-9-20(18-24(22)36-8-4)27-26(29(34)30(35)32(27)14-13-31(6-2)7-3)28(33)21-10-12-23-25(19-21)39-17-16-38-23/h9-12,18-19,27,33H,5-8,13-17H2,1-4H3/t27-/m0/s1. The molecular weight excluding hydrogens is 500 g/mol. The predicted octanol–water partition coefficient (Wildman–Crippen LogP) is 4.41. The van der Waals surface area contributed by atoms with Crippen molar-refractivity contribution in [3.8, 4) is 23.0 Å². The highest BCUT2D eigenvalue weighted by molar-refractivity contribution is 6.46. The highest BCUT2D eigenvalue weighted by Crippen LogP contribution is 2.43. The number of aliphatic hydroxyl groups is 1. The fourth-order valence-corrected chi connectivity index (χ4v) is 4.89. The van der Waals surface area contributed by atoms with Crippen molar-refractivity contribution in [3.05, 3.63) is 53.1 Å². The first kappa shape index (κ1) is 28.3. The second-order valence-electron chi connectivity index (χ2n) is 9.37. The van der Waals surface area contributed by atoms with Gasteiger partial charge in [0, 0.05) is 18.7 Å². The van der Waals surface area contributed by atoms with Crippen LogP contribution >= 0.6 is 0 Å². The maximum atomic E-state index is 13.5. The van der Waals surface area contributed by atoms with Gasteiger partial charge in [-0.25, -0.2) is 0 Å². The van der Waals surface area contributed by atoms with Crippen LogP contribution in [-0.2, 0) is 9.59 Å². The van der Waals surface area contributed by atoms with E-state index in [1.54, 1.807) is 35.2 Å². The Hall–Kier alpha value is -3.72. The highest BCUT2D eigenvalue weighted by Gasteiger charge is 2.46. The molecule has 4 rings (SSSR count). The van der Waals surface area contributed by atoms with Crippen LogP contribution in [0.2, 0.25) is 0 Å². The van der Waals surface area contributed by atoms with E-state index in [4.69, 9.17) is 18.9 Å². The number of benzene rings is 2. The molecule has 9 heteroatoms. The number of likely N-dealkylation sites (tertiary alicyclic amines) is 1. The van der Waals surface area contributed by atoms with Crippen LogP contribution in [0.1, 0.15) is 51.3 Å². The van der Waals surface area contributed by atoms with Gasteiger partial charge in [0.2, 0.25) is 0 Å². The molecule has 1 fully saturated rings. The average molecular weight is 539 g/mol. The van der Waals surface area contributed by atoms with E-state index in [0.29, 0.717) is 73.6 Å². The summed E-state index contributed by atoms with van der Waals surface area (Å²) >= 11 is 0. The number of aliphatic hydroxyl groups excluding tert-OH is 1. The lowest BCUT2D eigenvalue weighted by Crippen LogP contribution is -2.38. The highest BCUT2D eigenvalue weighted by atomic mass is 16.6. The maximum absolute atomic E-state index is 13.5. The molecule has 2 aliphatic heterocycles. The fourth-order valence-electron chi connectivity index (χ4n) is 4.89. The molecule has 0 saturated carbocycles. The quantitative estimate of drug-likeness (QED) is 0.241. The van der Waals surface area contributed by atoms with Crippen LogP contribution < -0.4 is 18.9 Å². The molecule has 0 spiro atoms. The van der Waals surface area contributed by atoms with Crippen molar-refractivity contribution in [2.24, 2.45) is 0 Å². The van der Waals surface area contributed by atoms with E-state index >= 15 is 0 Å².